The molecule has 0 aromatic rings. The van der Waals surface area contributed by atoms with Crippen LogP contribution in [0.3, 0.4) is 0 Å². The Morgan fingerprint density at radius 3 is 2.59 bits per heavy atom. The van der Waals surface area contributed by atoms with Gasteiger partial charge in [0, 0.05) is 19.5 Å². The molecule has 1 aliphatic carbocycles. The number of amides is 3. The standard InChI is InChI=1S/C23H41N3O5Si/c1-8-30-20(28)23-15-17(23)13-11-9-10-12-14-26(5)21(29)24-18(19(27)25-23)16-31-32(6,7)22(2,3)4/h11,13,17-18H,8-10,12,14-16H2,1-7H3,(H,24,29)(H,25,27)/t17-,18+,23-/m1/s1. The SMILES string of the molecule is CCOC(=O)[C@@]12C[C@H]1C=CCCCCN(C)C(=O)N[C@@H](CO[Si](C)(C)C(C)(C)C)C(=O)N2. The lowest BCUT2D eigenvalue weighted by molar-refractivity contribution is -0.149. The number of hydrogen-bond acceptors (Lipinski definition) is 5. The van der Waals surface area contributed by atoms with Crippen LogP contribution in [0.2, 0.25) is 18.1 Å². The van der Waals surface area contributed by atoms with E-state index in [1.807, 2.05) is 6.08 Å². The molecule has 0 spiro atoms. The van der Waals surface area contributed by atoms with Gasteiger partial charge in [0.1, 0.15) is 11.6 Å². The Morgan fingerprint density at radius 2 is 1.97 bits per heavy atom. The van der Waals surface area contributed by atoms with Gasteiger partial charge in [-0.05, 0) is 50.7 Å². The highest BCUT2D eigenvalue weighted by atomic mass is 28.4. The van der Waals surface area contributed by atoms with Crippen LogP contribution in [0, 0.1) is 5.92 Å². The highest BCUT2D eigenvalue weighted by Crippen LogP contribution is 2.46. The molecule has 0 bridgehead atoms. The van der Waals surface area contributed by atoms with Crippen molar-refractivity contribution in [2.45, 2.75) is 83.1 Å². The maximum Gasteiger partial charge on any atom is 0.332 e. The van der Waals surface area contributed by atoms with E-state index < -0.39 is 31.8 Å². The van der Waals surface area contributed by atoms with Gasteiger partial charge in [-0.3, -0.25) is 4.79 Å². The van der Waals surface area contributed by atoms with Crippen LogP contribution >= 0.6 is 0 Å². The van der Waals surface area contributed by atoms with Crippen LogP contribution in [-0.4, -0.2) is 69.5 Å². The van der Waals surface area contributed by atoms with Crippen molar-refractivity contribution in [2.24, 2.45) is 5.92 Å². The van der Waals surface area contributed by atoms with Gasteiger partial charge in [0.2, 0.25) is 5.91 Å². The third kappa shape index (κ3) is 6.34. The zero-order valence-corrected chi connectivity index (χ0v) is 21.7. The van der Waals surface area contributed by atoms with Gasteiger partial charge in [-0.2, -0.15) is 0 Å². The third-order valence-corrected chi connectivity index (χ3v) is 11.4. The number of carbonyl (C=O) groups excluding carboxylic acids is 3. The summed E-state index contributed by atoms with van der Waals surface area (Å²) >= 11 is 0. The number of carbonyl (C=O) groups is 3. The van der Waals surface area contributed by atoms with Gasteiger partial charge in [0.25, 0.3) is 0 Å². The van der Waals surface area contributed by atoms with E-state index in [9.17, 15) is 14.4 Å². The molecule has 0 saturated heterocycles. The minimum absolute atomic E-state index is 0.0373. The maximum absolute atomic E-state index is 13.3. The second-order valence-electron chi connectivity index (χ2n) is 10.4. The zero-order chi connectivity index (χ0) is 24.2. The third-order valence-electron chi connectivity index (χ3n) is 6.86. The molecular formula is C23H41N3O5Si. The molecule has 0 unspecified atom stereocenters. The first-order chi connectivity index (χ1) is 14.8. The maximum atomic E-state index is 13.3. The predicted molar refractivity (Wildman–Crippen MR) is 127 cm³/mol. The zero-order valence-electron chi connectivity index (χ0n) is 20.7. The molecule has 1 saturated carbocycles. The smallest absolute Gasteiger partial charge is 0.332 e. The van der Waals surface area contributed by atoms with E-state index in [4.69, 9.17) is 9.16 Å². The summed E-state index contributed by atoms with van der Waals surface area (Å²) in [4.78, 5) is 40.4. The van der Waals surface area contributed by atoms with E-state index >= 15 is 0 Å². The van der Waals surface area contributed by atoms with E-state index in [-0.39, 0.29) is 30.2 Å². The van der Waals surface area contributed by atoms with Crippen molar-refractivity contribution >= 4 is 26.2 Å². The van der Waals surface area contributed by atoms with Gasteiger partial charge in [-0.1, -0.05) is 32.9 Å². The average Bonchev–Trinajstić information content (AvgIpc) is 3.39. The molecule has 0 radical (unpaired) electrons. The molecule has 1 aliphatic heterocycles. The topological polar surface area (TPSA) is 97.0 Å². The van der Waals surface area contributed by atoms with Crippen LogP contribution < -0.4 is 10.6 Å². The van der Waals surface area contributed by atoms with Crippen molar-refractivity contribution in [1.29, 1.82) is 0 Å². The van der Waals surface area contributed by atoms with Crippen molar-refractivity contribution in [3.05, 3.63) is 12.2 Å². The van der Waals surface area contributed by atoms with Gasteiger partial charge in [-0.25, -0.2) is 9.59 Å². The van der Waals surface area contributed by atoms with Crippen LogP contribution in [0.5, 0.6) is 0 Å². The molecule has 2 rings (SSSR count). The fraction of sp³-hybridized carbons (Fsp3) is 0.783. The molecular weight excluding hydrogens is 426 g/mol. The van der Waals surface area contributed by atoms with Crippen LogP contribution in [0.4, 0.5) is 4.79 Å². The number of nitrogens with one attached hydrogen (secondary N) is 2. The Hall–Kier alpha value is -1.87. The molecule has 2 N–H and O–H groups in total. The number of nitrogens with zero attached hydrogens (tertiary/aromatic N) is 1. The van der Waals surface area contributed by atoms with Gasteiger partial charge in [0.15, 0.2) is 8.32 Å². The fourth-order valence-electron chi connectivity index (χ4n) is 3.44. The van der Waals surface area contributed by atoms with Crippen LogP contribution in [0.1, 0.15) is 53.4 Å². The lowest BCUT2D eigenvalue weighted by atomic mass is 10.1. The largest absolute Gasteiger partial charge is 0.464 e. The fourth-order valence-corrected chi connectivity index (χ4v) is 4.46. The van der Waals surface area contributed by atoms with E-state index in [1.54, 1.807) is 18.9 Å². The molecule has 32 heavy (non-hydrogen) atoms. The summed E-state index contributed by atoms with van der Waals surface area (Å²) in [6.07, 6.45) is 7.23. The molecule has 8 nitrogen and oxygen atoms in total. The van der Waals surface area contributed by atoms with Gasteiger partial charge < -0.3 is 24.7 Å². The summed E-state index contributed by atoms with van der Waals surface area (Å²) < 4.78 is 11.5. The van der Waals surface area contributed by atoms with E-state index in [2.05, 4.69) is 50.6 Å². The number of rotatable bonds is 5. The second-order valence-corrected chi connectivity index (χ2v) is 15.2. The molecule has 2 aliphatic rings. The summed E-state index contributed by atoms with van der Waals surface area (Å²) in [5.41, 5.74) is -1.07. The minimum atomic E-state index is -2.15. The average molecular weight is 468 g/mol. The van der Waals surface area contributed by atoms with E-state index in [1.165, 1.54) is 0 Å². The summed E-state index contributed by atoms with van der Waals surface area (Å²) in [6, 6.07) is -1.23. The lowest BCUT2D eigenvalue weighted by Crippen LogP contribution is -2.58. The van der Waals surface area contributed by atoms with Crippen LogP contribution in [0.25, 0.3) is 0 Å². The lowest BCUT2D eigenvalue weighted by Gasteiger charge is -2.37. The first kappa shape index (κ1) is 26.4. The van der Waals surface area contributed by atoms with E-state index in [0.717, 1.165) is 19.3 Å². The van der Waals surface area contributed by atoms with Crippen molar-refractivity contribution < 1.29 is 23.5 Å². The minimum Gasteiger partial charge on any atom is -0.464 e. The molecule has 182 valence electrons. The molecule has 0 aromatic heterocycles. The molecule has 3 amide bonds. The first-order valence-electron chi connectivity index (χ1n) is 11.7. The van der Waals surface area contributed by atoms with Crippen molar-refractivity contribution in [3.8, 4) is 0 Å². The predicted octanol–water partition coefficient (Wildman–Crippen LogP) is 3.20. The number of allylic oxidation sites excluding steroid dienone is 1. The molecule has 1 heterocycles. The Balaban J connectivity index is 2.27. The summed E-state index contributed by atoms with van der Waals surface area (Å²) in [7, 11) is -0.429. The highest BCUT2D eigenvalue weighted by Gasteiger charge is 2.61. The second kappa shape index (κ2) is 10.4. The van der Waals surface area contributed by atoms with Crippen LogP contribution in [-0.2, 0) is 18.8 Å². The van der Waals surface area contributed by atoms with Crippen molar-refractivity contribution in [3.63, 3.8) is 0 Å². The number of urea groups is 1. The van der Waals surface area contributed by atoms with Gasteiger partial charge in [0.05, 0.1) is 13.2 Å². The number of esters is 1. The molecule has 9 heteroatoms. The Labute approximate surface area is 193 Å². The Kier molecular flexibility index (Phi) is 8.55. The van der Waals surface area contributed by atoms with Crippen LogP contribution in [0.15, 0.2) is 12.2 Å². The Bertz CT molecular complexity index is 734. The van der Waals surface area contributed by atoms with Gasteiger partial charge in [-0.15, -0.1) is 0 Å². The first-order valence-corrected chi connectivity index (χ1v) is 14.6. The number of ether oxygens (including phenoxy) is 1. The summed E-state index contributed by atoms with van der Waals surface area (Å²) in [5.74, 6) is -0.956. The van der Waals surface area contributed by atoms with Crippen molar-refractivity contribution in [1.82, 2.24) is 15.5 Å². The monoisotopic (exact) mass is 467 g/mol. The normalized spacial score (nSPS) is 27.7. The summed E-state index contributed by atoms with van der Waals surface area (Å²) in [5, 5.41) is 5.69. The quantitative estimate of drug-likeness (QED) is 0.368. The van der Waals surface area contributed by atoms with E-state index in [0.29, 0.717) is 13.0 Å². The molecule has 0 aromatic carbocycles. The highest BCUT2D eigenvalue weighted by molar-refractivity contribution is 6.74. The number of fused-ring (bicyclic) bond motifs is 1. The molecule has 1 fully saturated rings. The Morgan fingerprint density at radius 1 is 1.28 bits per heavy atom. The summed E-state index contributed by atoms with van der Waals surface area (Å²) in [6.45, 7) is 13.2. The van der Waals surface area contributed by atoms with Crippen molar-refractivity contribution in [2.75, 3.05) is 26.8 Å². The molecule has 3 atom stereocenters. The van der Waals surface area contributed by atoms with Gasteiger partial charge >= 0.3 is 12.0 Å². The number of hydrogen-bond donors (Lipinski definition) is 2.